The summed E-state index contributed by atoms with van der Waals surface area (Å²) in [7, 11) is 0. The van der Waals surface area contributed by atoms with Crippen LogP contribution >= 0.6 is 0 Å². The molecule has 2 heterocycles. The molecule has 5 nitrogen and oxygen atoms in total. The monoisotopic (exact) mass is 252 g/mol. The minimum absolute atomic E-state index is 0.0708. The number of piperazine rings is 1. The summed E-state index contributed by atoms with van der Waals surface area (Å²) in [6.07, 6.45) is 2.93. The number of carboxylic acids is 1. The van der Waals surface area contributed by atoms with E-state index in [0.717, 1.165) is 19.6 Å². The molecule has 0 aromatic heterocycles. The van der Waals surface area contributed by atoms with Crippen molar-refractivity contribution in [3.63, 3.8) is 0 Å². The van der Waals surface area contributed by atoms with Crippen molar-refractivity contribution in [2.45, 2.75) is 38.3 Å². The molecule has 5 heteroatoms. The molecule has 4 unspecified atom stereocenters. The molecule has 18 heavy (non-hydrogen) atoms. The predicted octanol–water partition coefficient (Wildman–Crippen LogP) is 0.402. The van der Waals surface area contributed by atoms with Gasteiger partial charge in [0.1, 0.15) is 0 Å². The minimum atomic E-state index is -0.819. The standard InChI is InChI=1S/C13H20N2O3/c1-8-6-14-4-2-3-9(14)7-15(8)12(16)10-5-11(10)13(17)18/h8-11H,2-7H2,1H3,(H,17,18). The zero-order chi connectivity index (χ0) is 12.9. The molecule has 3 fully saturated rings. The Hall–Kier alpha value is -1.10. The number of aliphatic carboxylic acids is 1. The SMILES string of the molecule is CC1CN2CCCC2CN1C(=O)C1CC1C(=O)O. The first-order valence-corrected chi connectivity index (χ1v) is 6.85. The molecule has 0 aromatic carbocycles. The third-order valence-corrected chi connectivity index (χ3v) is 4.65. The fourth-order valence-corrected chi connectivity index (χ4v) is 3.45. The first kappa shape index (κ1) is 12.0. The van der Waals surface area contributed by atoms with Gasteiger partial charge in [-0.1, -0.05) is 0 Å². The lowest BCUT2D eigenvalue weighted by Crippen LogP contribution is -2.57. The molecular formula is C13H20N2O3. The van der Waals surface area contributed by atoms with E-state index in [1.165, 1.54) is 12.8 Å². The van der Waals surface area contributed by atoms with Crippen molar-refractivity contribution in [2.24, 2.45) is 11.8 Å². The summed E-state index contributed by atoms with van der Waals surface area (Å²) in [5.74, 6) is -1.42. The number of carbonyl (C=O) groups excluding carboxylic acids is 1. The summed E-state index contributed by atoms with van der Waals surface area (Å²) in [5, 5.41) is 8.91. The second-order valence-corrected chi connectivity index (χ2v) is 5.92. The minimum Gasteiger partial charge on any atom is -0.481 e. The molecule has 2 saturated heterocycles. The van der Waals surface area contributed by atoms with Crippen LogP contribution in [0.5, 0.6) is 0 Å². The Morgan fingerprint density at radius 2 is 2.00 bits per heavy atom. The van der Waals surface area contributed by atoms with Crippen molar-refractivity contribution in [1.29, 1.82) is 0 Å². The van der Waals surface area contributed by atoms with Crippen LogP contribution in [0.25, 0.3) is 0 Å². The Labute approximate surface area is 107 Å². The van der Waals surface area contributed by atoms with Crippen LogP contribution in [0.4, 0.5) is 0 Å². The Kier molecular flexibility index (Phi) is 2.81. The van der Waals surface area contributed by atoms with Crippen LogP contribution in [0.2, 0.25) is 0 Å². The zero-order valence-corrected chi connectivity index (χ0v) is 10.7. The maximum atomic E-state index is 12.3. The number of fused-ring (bicyclic) bond motifs is 1. The Morgan fingerprint density at radius 1 is 1.22 bits per heavy atom. The normalized spacial score (nSPS) is 39.5. The highest BCUT2D eigenvalue weighted by Gasteiger charge is 2.51. The molecule has 0 radical (unpaired) electrons. The largest absolute Gasteiger partial charge is 0.481 e. The maximum absolute atomic E-state index is 12.3. The summed E-state index contributed by atoms with van der Waals surface area (Å²) < 4.78 is 0. The van der Waals surface area contributed by atoms with E-state index < -0.39 is 11.9 Å². The van der Waals surface area contributed by atoms with Crippen LogP contribution in [0, 0.1) is 11.8 Å². The van der Waals surface area contributed by atoms with Gasteiger partial charge in [0.15, 0.2) is 0 Å². The Bertz CT molecular complexity index is 384. The van der Waals surface area contributed by atoms with E-state index in [2.05, 4.69) is 11.8 Å². The van der Waals surface area contributed by atoms with Crippen LogP contribution in [-0.2, 0) is 9.59 Å². The number of amides is 1. The fourth-order valence-electron chi connectivity index (χ4n) is 3.45. The predicted molar refractivity (Wildman–Crippen MR) is 65.0 cm³/mol. The second kappa shape index (κ2) is 4.23. The fraction of sp³-hybridized carbons (Fsp3) is 0.846. The van der Waals surface area contributed by atoms with Crippen LogP contribution in [-0.4, -0.2) is 58.5 Å². The lowest BCUT2D eigenvalue weighted by molar-refractivity contribution is -0.144. The number of nitrogens with zero attached hydrogens (tertiary/aromatic N) is 2. The van der Waals surface area contributed by atoms with Crippen molar-refractivity contribution in [3.05, 3.63) is 0 Å². The smallest absolute Gasteiger partial charge is 0.307 e. The number of rotatable bonds is 2. The van der Waals surface area contributed by atoms with Crippen LogP contribution < -0.4 is 0 Å². The average Bonchev–Trinajstić information content (AvgIpc) is 3.01. The molecule has 1 saturated carbocycles. The summed E-state index contributed by atoms with van der Waals surface area (Å²) in [6.45, 7) is 4.96. The number of carbonyl (C=O) groups is 2. The molecule has 1 amide bonds. The van der Waals surface area contributed by atoms with Crippen LogP contribution in [0.15, 0.2) is 0 Å². The van der Waals surface area contributed by atoms with Crippen molar-refractivity contribution < 1.29 is 14.7 Å². The summed E-state index contributed by atoms with van der Waals surface area (Å²) in [6, 6.07) is 0.731. The van der Waals surface area contributed by atoms with Gasteiger partial charge < -0.3 is 10.0 Å². The van der Waals surface area contributed by atoms with Gasteiger partial charge in [0.2, 0.25) is 5.91 Å². The first-order valence-electron chi connectivity index (χ1n) is 6.85. The van der Waals surface area contributed by atoms with Crippen LogP contribution in [0.1, 0.15) is 26.2 Å². The Balaban J connectivity index is 1.65. The highest BCUT2D eigenvalue weighted by molar-refractivity contribution is 5.89. The first-order chi connectivity index (χ1) is 8.58. The second-order valence-electron chi connectivity index (χ2n) is 5.92. The van der Waals surface area contributed by atoms with Gasteiger partial charge in [-0.05, 0) is 32.7 Å². The summed E-state index contributed by atoms with van der Waals surface area (Å²) >= 11 is 0. The molecule has 100 valence electrons. The topological polar surface area (TPSA) is 60.9 Å². The Morgan fingerprint density at radius 3 is 2.67 bits per heavy atom. The average molecular weight is 252 g/mol. The highest BCUT2D eigenvalue weighted by atomic mass is 16.4. The van der Waals surface area contributed by atoms with E-state index in [4.69, 9.17) is 5.11 Å². The molecule has 3 rings (SSSR count). The molecule has 4 atom stereocenters. The molecular weight excluding hydrogens is 232 g/mol. The van der Waals surface area contributed by atoms with Crippen molar-refractivity contribution >= 4 is 11.9 Å². The summed E-state index contributed by atoms with van der Waals surface area (Å²) in [5.41, 5.74) is 0. The molecule has 3 aliphatic rings. The lowest BCUT2D eigenvalue weighted by atomic mass is 10.1. The molecule has 0 aromatic rings. The van der Waals surface area contributed by atoms with Crippen molar-refractivity contribution in [1.82, 2.24) is 9.80 Å². The van der Waals surface area contributed by atoms with Gasteiger partial charge in [-0.2, -0.15) is 0 Å². The van der Waals surface area contributed by atoms with E-state index in [1.807, 2.05) is 4.90 Å². The van der Waals surface area contributed by atoms with E-state index in [9.17, 15) is 9.59 Å². The number of hydrogen-bond acceptors (Lipinski definition) is 3. The quantitative estimate of drug-likeness (QED) is 0.773. The van der Waals surface area contributed by atoms with Gasteiger partial charge >= 0.3 is 5.97 Å². The number of hydrogen-bond donors (Lipinski definition) is 1. The summed E-state index contributed by atoms with van der Waals surface area (Å²) in [4.78, 5) is 27.6. The van der Waals surface area contributed by atoms with Gasteiger partial charge in [0.05, 0.1) is 11.8 Å². The van der Waals surface area contributed by atoms with E-state index in [-0.39, 0.29) is 17.9 Å². The number of carboxylic acid groups (broad SMARTS) is 1. The van der Waals surface area contributed by atoms with Gasteiger partial charge in [-0.25, -0.2) is 0 Å². The highest BCUT2D eigenvalue weighted by Crippen LogP contribution is 2.41. The molecule has 1 N–H and O–H groups in total. The van der Waals surface area contributed by atoms with Crippen LogP contribution in [0.3, 0.4) is 0 Å². The maximum Gasteiger partial charge on any atom is 0.307 e. The van der Waals surface area contributed by atoms with Gasteiger partial charge in [-0.15, -0.1) is 0 Å². The molecule has 1 aliphatic carbocycles. The van der Waals surface area contributed by atoms with E-state index in [0.29, 0.717) is 12.5 Å². The third kappa shape index (κ3) is 1.90. The molecule has 0 bridgehead atoms. The van der Waals surface area contributed by atoms with Crippen molar-refractivity contribution in [2.75, 3.05) is 19.6 Å². The van der Waals surface area contributed by atoms with E-state index >= 15 is 0 Å². The molecule has 2 aliphatic heterocycles. The van der Waals surface area contributed by atoms with E-state index in [1.54, 1.807) is 0 Å². The van der Waals surface area contributed by atoms with Crippen molar-refractivity contribution in [3.8, 4) is 0 Å². The van der Waals surface area contributed by atoms with Gasteiger partial charge in [-0.3, -0.25) is 14.5 Å². The molecule has 0 spiro atoms. The third-order valence-electron chi connectivity index (χ3n) is 4.65. The zero-order valence-electron chi connectivity index (χ0n) is 10.7. The lowest BCUT2D eigenvalue weighted by Gasteiger charge is -2.42. The van der Waals surface area contributed by atoms with Gasteiger partial charge in [0, 0.05) is 25.2 Å². The van der Waals surface area contributed by atoms with Gasteiger partial charge in [0.25, 0.3) is 0 Å².